The molecule has 0 spiro atoms. The zero-order valence-electron chi connectivity index (χ0n) is 12.3. The highest BCUT2D eigenvalue weighted by Gasteiger charge is 2.25. The lowest BCUT2D eigenvalue weighted by molar-refractivity contribution is 0.0910. The molecule has 1 aliphatic heterocycles. The van der Waals surface area contributed by atoms with Crippen LogP contribution >= 0.6 is 11.6 Å². The van der Waals surface area contributed by atoms with Crippen molar-refractivity contribution in [1.82, 2.24) is 10.2 Å². The monoisotopic (exact) mass is 318 g/mol. The summed E-state index contributed by atoms with van der Waals surface area (Å²) in [6, 6.07) is 11.3. The first-order chi connectivity index (χ1) is 10.8. The maximum absolute atomic E-state index is 12.1. The van der Waals surface area contributed by atoms with Gasteiger partial charge in [-0.3, -0.25) is 9.69 Å². The Balaban J connectivity index is 1.74. The van der Waals surface area contributed by atoms with Crippen molar-refractivity contribution in [3.63, 3.8) is 0 Å². The second-order valence-electron chi connectivity index (χ2n) is 5.47. The fraction of sp³-hybridized carbons (Fsp3) is 0.353. The number of rotatable bonds is 5. The van der Waals surface area contributed by atoms with Gasteiger partial charge in [0, 0.05) is 11.6 Å². The number of nitrogens with zero attached hydrogens (tertiary/aromatic N) is 1. The van der Waals surface area contributed by atoms with Crippen LogP contribution in [0.25, 0.3) is 0 Å². The molecule has 22 heavy (non-hydrogen) atoms. The van der Waals surface area contributed by atoms with Crippen LogP contribution in [0.1, 0.15) is 35.0 Å². The molecule has 1 atom stereocenters. The van der Waals surface area contributed by atoms with Gasteiger partial charge in [-0.2, -0.15) is 0 Å². The summed E-state index contributed by atoms with van der Waals surface area (Å²) in [4.78, 5) is 14.5. The molecule has 4 nitrogen and oxygen atoms in total. The van der Waals surface area contributed by atoms with E-state index in [1.165, 1.54) is 19.1 Å². The molecule has 116 valence electrons. The van der Waals surface area contributed by atoms with E-state index in [0.29, 0.717) is 12.3 Å². The molecule has 1 aliphatic rings. The Bertz CT molecular complexity index is 621. The Morgan fingerprint density at radius 2 is 2.00 bits per heavy atom. The van der Waals surface area contributed by atoms with Crippen molar-refractivity contribution >= 4 is 17.5 Å². The number of likely N-dealkylation sites (tertiary alicyclic amines) is 1. The summed E-state index contributed by atoms with van der Waals surface area (Å²) >= 11 is 6.35. The number of hydrogen-bond acceptors (Lipinski definition) is 3. The minimum atomic E-state index is -0.193. The quantitative estimate of drug-likeness (QED) is 0.917. The van der Waals surface area contributed by atoms with Crippen molar-refractivity contribution < 1.29 is 9.21 Å². The van der Waals surface area contributed by atoms with Gasteiger partial charge in [0.05, 0.1) is 12.3 Å². The Morgan fingerprint density at radius 3 is 2.68 bits per heavy atom. The van der Waals surface area contributed by atoms with Crippen LogP contribution in [0.3, 0.4) is 0 Å². The van der Waals surface area contributed by atoms with Crippen LogP contribution in [-0.4, -0.2) is 30.4 Å². The number of carbonyl (C=O) groups is 1. The minimum Gasteiger partial charge on any atom is -0.459 e. The number of amides is 1. The molecule has 0 saturated carbocycles. The third-order valence-electron chi connectivity index (χ3n) is 4.05. The van der Waals surface area contributed by atoms with Gasteiger partial charge in [0.1, 0.15) is 0 Å². The van der Waals surface area contributed by atoms with Gasteiger partial charge in [0.25, 0.3) is 5.91 Å². The number of halogens is 1. The molecular formula is C17H19ClN2O2. The van der Waals surface area contributed by atoms with Crippen LogP contribution in [0.5, 0.6) is 0 Å². The maximum Gasteiger partial charge on any atom is 0.287 e. The van der Waals surface area contributed by atoms with E-state index in [0.717, 1.165) is 23.7 Å². The molecule has 1 fully saturated rings. The zero-order valence-corrected chi connectivity index (χ0v) is 13.1. The summed E-state index contributed by atoms with van der Waals surface area (Å²) in [5.74, 6) is 0.139. The first-order valence-electron chi connectivity index (χ1n) is 7.56. The van der Waals surface area contributed by atoms with Crippen LogP contribution in [0.2, 0.25) is 5.02 Å². The van der Waals surface area contributed by atoms with Gasteiger partial charge in [0.15, 0.2) is 5.76 Å². The van der Waals surface area contributed by atoms with Gasteiger partial charge >= 0.3 is 0 Å². The predicted octanol–water partition coefficient (Wildman–Crippen LogP) is 3.50. The average molecular weight is 319 g/mol. The molecule has 1 N–H and O–H groups in total. The molecule has 0 bridgehead atoms. The first-order valence-corrected chi connectivity index (χ1v) is 7.93. The molecule has 0 radical (unpaired) electrons. The summed E-state index contributed by atoms with van der Waals surface area (Å²) in [6.45, 7) is 2.59. The molecule has 2 aromatic rings. The van der Waals surface area contributed by atoms with Crippen LogP contribution in [-0.2, 0) is 0 Å². The summed E-state index contributed by atoms with van der Waals surface area (Å²) in [5, 5.41) is 3.70. The highest BCUT2D eigenvalue weighted by atomic mass is 35.5. The number of nitrogens with one attached hydrogen (secondary N) is 1. The molecule has 0 unspecified atom stereocenters. The second-order valence-corrected chi connectivity index (χ2v) is 5.87. The van der Waals surface area contributed by atoms with Gasteiger partial charge in [0.2, 0.25) is 0 Å². The predicted molar refractivity (Wildman–Crippen MR) is 86.0 cm³/mol. The first kappa shape index (κ1) is 15.1. The van der Waals surface area contributed by atoms with E-state index >= 15 is 0 Å². The SMILES string of the molecule is O=C(NC[C@H](c1ccccc1Cl)N1CCCC1)c1ccco1. The Morgan fingerprint density at radius 1 is 1.23 bits per heavy atom. The molecule has 5 heteroatoms. The molecule has 1 aromatic carbocycles. The summed E-state index contributed by atoms with van der Waals surface area (Å²) < 4.78 is 5.13. The minimum absolute atomic E-state index is 0.0927. The molecule has 0 aliphatic carbocycles. The van der Waals surface area contributed by atoms with Crippen molar-refractivity contribution in [3.05, 3.63) is 59.0 Å². The number of hydrogen-bond donors (Lipinski definition) is 1. The zero-order chi connectivity index (χ0) is 15.4. The Labute approximate surface area is 135 Å². The normalized spacial score (nSPS) is 16.6. The lowest BCUT2D eigenvalue weighted by Gasteiger charge is -2.28. The van der Waals surface area contributed by atoms with Crippen molar-refractivity contribution in [2.75, 3.05) is 19.6 Å². The van der Waals surface area contributed by atoms with E-state index in [2.05, 4.69) is 10.2 Å². The van der Waals surface area contributed by atoms with Gasteiger partial charge in [-0.1, -0.05) is 29.8 Å². The van der Waals surface area contributed by atoms with Gasteiger partial charge < -0.3 is 9.73 Å². The lowest BCUT2D eigenvalue weighted by Crippen LogP contribution is -2.36. The fourth-order valence-electron chi connectivity index (χ4n) is 2.92. The Kier molecular flexibility index (Phi) is 4.80. The molecule has 1 amide bonds. The molecule has 1 aromatic heterocycles. The third-order valence-corrected chi connectivity index (χ3v) is 4.39. The van der Waals surface area contributed by atoms with Gasteiger partial charge in [-0.15, -0.1) is 0 Å². The lowest BCUT2D eigenvalue weighted by atomic mass is 10.1. The standard InChI is InChI=1S/C17H19ClN2O2/c18-14-7-2-1-6-13(14)15(20-9-3-4-10-20)12-19-17(21)16-8-5-11-22-16/h1-2,5-8,11,15H,3-4,9-10,12H2,(H,19,21)/t15-/m1/s1. The highest BCUT2D eigenvalue weighted by molar-refractivity contribution is 6.31. The van der Waals surface area contributed by atoms with Crippen molar-refractivity contribution in [2.24, 2.45) is 0 Å². The van der Waals surface area contributed by atoms with E-state index in [1.807, 2.05) is 24.3 Å². The largest absolute Gasteiger partial charge is 0.459 e. The van der Waals surface area contributed by atoms with Gasteiger partial charge in [-0.05, 0) is 49.7 Å². The second kappa shape index (κ2) is 6.99. The topological polar surface area (TPSA) is 45.5 Å². The molecule has 2 heterocycles. The van der Waals surface area contributed by atoms with Crippen molar-refractivity contribution in [1.29, 1.82) is 0 Å². The van der Waals surface area contributed by atoms with Crippen LogP contribution < -0.4 is 5.32 Å². The van der Waals surface area contributed by atoms with E-state index in [-0.39, 0.29) is 11.9 Å². The van der Waals surface area contributed by atoms with E-state index in [1.54, 1.807) is 12.1 Å². The smallest absolute Gasteiger partial charge is 0.287 e. The molecular weight excluding hydrogens is 300 g/mol. The van der Waals surface area contributed by atoms with Crippen molar-refractivity contribution in [2.45, 2.75) is 18.9 Å². The number of carbonyl (C=O) groups excluding carboxylic acids is 1. The maximum atomic E-state index is 12.1. The highest BCUT2D eigenvalue weighted by Crippen LogP contribution is 2.29. The molecule has 1 saturated heterocycles. The number of benzene rings is 1. The van der Waals surface area contributed by atoms with Crippen molar-refractivity contribution in [3.8, 4) is 0 Å². The fourth-order valence-corrected chi connectivity index (χ4v) is 3.18. The summed E-state index contributed by atoms with van der Waals surface area (Å²) in [6.07, 6.45) is 3.88. The summed E-state index contributed by atoms with van der Waals surface area (Å²) in [7, 11) is 0. The van der Waals surface area contributed by atoms with Crippen LogP contribution in [0.4, 0.5) is 0 Å². The van der Waals surface area contributed by atoms with E-state index in [4.69, 9.17) is 16.0 Å². The van der Waals surface area contributed by atoms with Crippen LogP contribution in [0, 0.1) is 0 Å². The number of furan rings is 1. The van der Waals surface area contributed by atoms with E-state index in [9.17, 15) is 4.79 Å². The average Bonchev–Trinajstić information content (AvgIpc) is 3.22. The van der Waals surface area contributed by atoms with Crippen LogP contribution in [0.15, 0.2) is 47.1 Å². The van der Waals surface area contributed by atoms with Gasteiger partial charge in [-0.25, -0.2) is 0 Å². The summed E-state index contributed by atoms with van der Waals surface area (Å²) in [5.41, 5.74) is 1.06. The third kappa shape index (κ3) is 3.34. The van der Waals surface area contributed by atoms with E-state index < -0.39 is 0 Å². The molecule has 3 rings (SSSR count). The Hall–Kier alpha value is -1.78.